The Morgan fingerprint density at radius 3 is 2.88 bits per heavy atom. The summed E-state index contributed by atoms with van der Waals surface area (Å²) in [5.74, 6) is 0.0610. The summed E-state index contributed by atoms with van der Waals surface area (Å²) < 4.78 is 0. The van der Waals surface area contributed by atoms with Crippen molar-refractivity contribution in [3.63, 3.8) is 0 Å². The molecule has 0 aromatic rings. The number of hydrogen-bond acceptors (Lipinski definition) is 3. The van der Waals surface area contributed by atoms with E-state index in [2.05, 4.69) is 10.6 Å². The van der Waals surface area contributed by atoms with E-state index in [1.54, 1.807) is 0 Å². The summed E-state index contributed by atoms with van der Waals surface area (Å²) in [5, 5.41) is 5.55. The first kappa shape index (κ1) is 14.0. The van der Waals surface area contributed by atoms with E-state index in [0.717, 1.165) is 12.8 Å². The molecule has 1 aliphatic rings. The molecule has 98 valence electrons. The molecule has 1 fully saturated rings. The molecule has 0 aromatic carbocycles. The van der Waals surface area contributed by atoms with E-state index in [1.165, 1.54) is 0 Å². The van der Waals surface area contributed by atoms with Gasteiger partial charge in [-0.25, -0.2) is 0 Å². The van der Waals surface area contributed by atoms with E-state index in [0.29, 0.717) is 13.0 Å². The Hall–Kier alpha value is -1.10. The van der Waals surface area contributed by atoms with E-state index in [1.807, 2.05) is 13.8 Å². The van der Waals surface area contributed by atoms with Gasteiger partial charge >= 0.3 is 0 Å². The zero-order valence-electron chi connectivity index (χ0n) is 10.7. The normalized spacial score (nSPS) is 22.8. The third-order valence-electron chi connectivity index (χ3n) is 3.15. The monoisotopic (exact) mass is 241 g/mol. The minimum absolute atomic E-state index is 0.0750. The topological polar surface area (TPSA) is 84.2 Å². The first-order chi connectivity index (χ1) is 8.00. The number of carbonyl (C=O) groups is 2. The highest BCUT2D eigenvalue weighted by Crippen LogP contribution is 2.07. The van der Waals surface area contributed by atoms with Gasteiger partial charge < -0.3 is 16.4 Å². The molecule has 1 saturated heterocycles. The van der Waals surface area contributed by atoms with E-state index in [4.69, 9.17) is 5.73 Å². The van der Waals surface area contributed by atoms with Crippen LogP contribution in [0, 0.1) is 5.92 Å². The SMILES string of the molecule is CC(C)C(N)CC(=O)NC1CCCCNC1=O. The molecule has 0 aliphatic carbocycles. The van der Waals surface area contributed by atoms with Crippen LogP contribution >= 0.6 is 0 Å². The van der Waals surface area contributed by atoms with Crippen molar-refractivity contribution in [2.24, 2.45) is 11.7 Å². The van der Waals surface area contributed by atoms with Crippen molar-refractivity contribution in [2.45, 2.75) is 51.6 Å². The predicted octanol–water partition coefficient (Wildman–Crippen LogP) is 0.145. The highest BCUT2D eigenvalue weighted by atomic mass is 16.2. The van der Waals surface area contributed by atoms with E-state index < -0.39 is 0 Å². The van der Waals surface area contributed by atoms with Crippen molar-refractivity contribution in [1.29, 1.82) is 0 Å². The first-order valence-electron chi connectivity index (χ1n) is 6.33. The van der Waals surface area contributed by atoms with Gasteiger partial charge in [-0.05, 0) is 25.2 Å². The summed E-state index contributed by atoms with van der Waals surface area (Å²) in [6.07, 6.45) is 2.93. The molecule has 2 unspecified atom stereocenters. The quantitative estimate of drug-likeness (QED) is 0.655. The van der Waals surface area contributed by atoms with Gasteiger partial charge in [0.25, 0.3) is 0 Å². The maximum absolute atomic E-state index is 11.7. The van der Waals surface area contributed by atoms with Gasteiger partial charge in [0.1, 0.15) is 6.04 Å². The maximum atomic E-state index is 11.7. The summed E-state index contributed by atoms with van der Waals surface area (Å²) in [7, 11) is 0. The van der Waals surface area contributed by atoms with Crippen LogP contribution in [0.25, 0.3) is 0 Å². The summed E-state index contributed by atoms with van der Waals surface area (Å²) in [5.41, 5.74) is 5.83. The predicted molar refractivity (Wildman–Crippen MR) is 66.2 cm³/mol. The molecule has 2 amide bonds. The molecule has 0 bridgehead atoms. The lowest BCUT2D eigenvalue weighted by Crippen LogP contribution is -2.47. The highest BCUT2D eigenvalue weighted by Gasteiger charge is 2.23. The van der Waals surface area contributed by atoms with E-state index >= 15 is 0 Å². The molecule has 2 atom stereocenters. The highest BCUT2D eigenvalue weighted by molar-refractivity contribution is 5.87. The van der Waals surface area contributed by atoms with Crippen LogP contribution in [0.3, 0.4) is 0 Å². The number of hydrogen-bond donors (Lipinski definition) is 3. The van der Waals surface area contributed by atoms with Gasteiger partial charge in [0.2, 0.25) is 11.8 Å². The zero-order valence-corrected chi connectivity index (χ0v) is 10.7. The molecule has 5 heteroatoms. The second kappa shape index (κ2) is 6.59. The molecule has 1 rings (SSSR count). The molecule has 4 N–H and O–H groups in total. The van der Waals surface area contributed by atoms with Crippen molar-refractivity contribution in [1.82, 2.24) is 10.6 Å². The van der Waals surface area contributed by atoms with Gasteiger partial charge in [0, 0.05) is 19.0 Å². The molecule has 1 aliphatic heterocycles. The molecular weight excluding hydrogens is 218 g/mol. The molecule has 1 heterocycles. The number of amides is 2. The van der Waals surface area contributed by atoms with Gasteiger partial charge in [0.05, 0.1) is 0 Å². The largest absolute Gasteiger partial charge is 0.354 e. The van der Waals surface area contributed by atoms with E-state index in [9.17, 15) is 9.59 Å². The van der Waals surface area contributed by atoms with Crippen molar-refractivity contribution < 1.29 is 9.59 Å². The summed E-state index contributed by atoms with van der Waals surface area (Å²) in [6.45, 7) is 4.67. The number of rotatable bonds is 4. The summed E-state index contributed by atoms with van der Waals surface area (Å²) in [4.78, 5) is 23.3. The van der Waals surface area contributed by atoms with Gasteiger partial charge in [-0.15, -0.1) is 0 Å². The summed E-state index contributed by atoms with van der Waals surface area (Å²) in [6, 6.07) is -0.534. The van der Waals surface area contributed by atoms with Crippen LogP contribution in [0.2, 0.25) is 0 Å². The minimum atomic E-state index is -0.385. The Kier molecular flexibility index (Phi) is 5.41. The smallest absolute Gasteiger partial charge is 0.242 e. The van der Waals surface area contributed by atoms with E-state index in [-0.39, 0.29) is 36.2 Å². The molecular formula is C12H23N3O2. The van der Waals surface area contributed by atoms with Crippen LogP contribution < -0.4 is 16.4 Å². The van der Waals surface area contributed by atoms with Crippen molar-refractivity contribution >= 4 is 11.8 Å². The standard InChI is InChI=1S/C12H23N3O2/c1-8(2)9(13)7-11(16)15-10-5-3-4-6-14-12(10)17/h8-10H,3-7,13H2,1-2H3,(H,14,17)(H,15,16). The van der Waals surface area contributed by atoms with Crippen LogP contribution in [0.5, 0.6) is 0 Å². The second-order valence-corrected chi connectivity index (χ2v) is 5.02. The molecule has 17 heavy (non-hydrogen) atoms. The molecule has 0 spiro atoms. The third kappa shape index (κ3) is 4.73. The van der Waals surface area contributed by atoms with Gasteiger partial charge in [-0.2, -0.15) is 0 Å². The van der Waals surface area contributed by atoms with Crippen molar-refractivity contribution in [3.8, 4) is 0 Å². The van der Waals surface area contributed by atoms with Gasteiger partial charge in [0.15, 0.2) is 0 Å². The Morgan fingerprint density at radius 1 is 1.53 bits per heavy atom. The van der Waals surface area contributed by atoms with Crippen LogP contribution in [-0.2, 0) is 9.59 Å². The zero-order chi connectivity index (χ0) is 12.8. The van der Waals surface area contributed by atoms with Crippen LogP contribution in [0.1, 0.15) is 39.5 Å². The van der Waals surface area contributed by atoms with Crippen LogP contribution in [0.15, 0.2) is 0 Å². The average molecular weight is 241 g/mol. The lowest BCUT2D eigenvalue weighted by molar-refractivity contribution is -0.129. The molecule has 0 saturated carbocycles. The van der Waals surface area contributed by atoms with Crippen molar-refractivity contribution in [2.75, 3.05) is 6.54 Å². The fraction of sp³-hybridized carbons (Fsp3) is 0.833. The Balaban J connectivity index is 2.41. The third-order valence-corrected chi connectivity index (χ3v) is 3.15. The lowest BCUT2D eigenvalue weighted by atomic mass is 10.0. The molecule has 5 nitrogen and oxygen atoms in total. The summed E-state index contributed by atoms with van der Waals surface area (Å²) >= 11 is 0. The Morgan fingerprint density at radius 2 is 2.24 bits per heavy atom. The minimum Gasteiger partial charge on any atom is -0.354 e. The Bertz CT molecular complexity index is 279. The lowest BCUT2D eigenvalue weighted by Gasteiger charge is -2.18. The number of nitrogens with one attached hydrogen (secondary N) is 2. The van der Waals surface area contributed by atoms with Crippen LogP contribution in [-0.4, -0.2) is 30.4 Å². The number of carbonyl (C=O) groups excluding carboxylic acids is 2. The maximum Gasteiger partial charge on any atom is 0.242 e. The second-order valence-electron chi connectivity index (χ2n) is 5.02. The van der Waals surface area contributed by atoms with Crippen LogP contribution in [0.4, 0.5) is 0 Å². The van der Waals surface area contributed by atoms with Crippen molar-refractivity contribution in [3.05, 3.63) is 0 Å². The average Bonchev–Trinajstić information content (AvgIpc) is 2.44. The molecule has 0 radical (unpaired) electrons. The van der Waals surface area contributed by atoms with Gasteiger partial charge in [-0.1, -0.05) is 13.8 Å². The first-order valence-corrected chi connectivity index (χ1v) is 6.33. The Labute approximate surface area is 103 Å². The fourth-order valence-corrected chi connectivity index (χ4v) is 1.78. The number of nitrogens with two attached hydrogens (primary N) is 1. The fourth-order valence-electron chi connectivity index (χ4n) is 1.78. The molecule has 0 aromatic heterocycles. The van der Waals surface area contributed by atoms with Gasteiger partial charge in [-0.3, -0.25) is 9.59 Å².